The van der Waals surface area contributed by atoms with Gasteiger partial charge in [-0.3, -0.25) is 4.79 Å². The van der Waals surface area contributed by atoms with Gasteiger partial charge in [-0.2, -0.15) is 0 Å². The van der Waals surface area contributed by atoms with Crippen LogP contribution in [0, 0.1) is 28.6 Å². The number of hydrogen-bond acceptors (Lipinski definition) is 4. The molecule has 3 saturated carbocycles. The number of hydrogen-bond donors (Lipinski definition) is 0. The molecule has 0 aromatic rings. The predicted molar refractivity (Wildman–Crippen MR) is 144 cm³/mol. The number of carbonyl (C=O) groups excluding carboxylic acids is 1. The van der Waals surface area contributed by atoms with Crippen LogP contribution in [-0.4, -0.2) is 33.0 Å². The summed E-state index contributed by atoms with van der Waals surface area (Å²) in [5.41, 5.74) is 10.4. The second-order valence-corrected chi connectivity index (χ2v) is 18.4. The van der Waals surface area contributed by atoms with Crippen molar-refractivity contribution in [1.29, 1.82) is 0 Å². The topological polar surface area (TPSA) is 84.3 Å². The van der Waals surface area contributed by atoms with Crippen molar-refractivity contribution >= 4 is 14.3 Å². The minimum atomic E-state index is -1.88. The van der Waals surface area contributed by atoms with Gasteiger partial charge >= 0.3 is 5.97 Å². The van der Waals surface area contributed by atoms with Crippen molar-refractivity contribution in [3.05, 3.63) is 22.6 Å². The predicted octanol–water partition coefficient (Wildman–Crippen LogP) is 8.20. The van der Waals surface area contributed by atoms with Gasteiger partial charge in [0.15, 0.2) is 8.32 Å². The van der Waals surface area contributed by atoms with Crippen molar-refractivity contribution in [2.24, 2.45) is 33.7 Å². The zero-order valence-corrected chi connectivity index (χ0v) is 24.5. The van der Waals surface area contributed by atoms with E-state index in [1.54, 1.807) is 6.92 Å². The van der Waals surface area contributed by atoms with Gasteiger partial charge in [0, 0.05) is 36.3 Å². The molecule has 0 amide bonds. The van der Waals surface area contributed by atoms with E-state index in [1.165, 1.54) is 5.57 Å². The van der Waals surface area contributed by atoms with Gasteiger partial charge in [-0.25, -0.2) is 0 Å². The smallest absolute Gasteiger partial charge is 0.302 e. The number of fused-ring (bicyclic) bond motifs is 1. The van der Waals surface area contributed by atoms with Crippen molar-refractivity contribution in [2.45, 2.75) is 123 Å². The van der Waals surface area contributed by atoms with E-state index in [0.717, 1.165) is 51.4 Å². The lowest BCUT2D eigenvalue weighted by atomic mass is 9.51. The van der Waals surface area contributed by atoms with Gasteiger partial charge in [-0.05, 0) is 91.8 Å². The lowest BCUT2D eigenvalue weighted by Gasteiger charge is -2.57. The molecule has 35 heavy (non-hydrogen) atoms. The van der Waals surface area contributed by atoms with Crippen LogP contribution in [0.1, 0.15) is 92.9 Å². The molecule has 6 nitrogen and oxygen atoms in total. The van der Waals surface area contributed by atoms with Crippen molar-refractivity contribution in [3.8, 4) is 0 Å². The van der Waals surface area contributed by atoms with E-state index >= 15 is 0 Å². The lowest BCUT2D eigenvalue weighted by Crippen LogP contribution is -2.55. The number of ether oxygens (including phenoxy) is 1. The van der Waals surface area contributed by atoms with Gasteiger partial charge in [0.1, 0.15) is 6.10 Å². The van der Waals surface area contributed by atoms with Crippen LogP contribution >= 0.6 is 0 Å². The van der Waals surface area contributed by atoms with Gasteiger partial charge in [0.2, 0.25) is 0 Å². The molecule has 3 aliphatic rings. The van der Waals surface area contributed by atoms with Gasteiger partial charge in [-0.15, -0.1) is 0 Å². The molecular formula is C28H49N3O3Si. The highest BCUT2D eigenvalue weighted by Crippen LogP contribution is 2.62. The van der Waals surface area contributed by atoms with Crippen molar-refractivity contribution < 1.29 is 14.0 Å². The Labute approximate surface area is 214 Å². The Bertz CT molecular complexity index is 862. The monoisotopic (exact) mass is 503 g/mol. The Balaban J connectivity index is 1.90. The number of allylic oxidation sites excluding steroid dienone is 1. The van der Waals surface area contributed by atoms with Crippen LogP contribution in [0.3, 0.4) is 0 Å². The molecule has 0 N–H and O–H groups in total. The molecule has 0 heterocycles. The Kier molecular flexibility index (Phi) is 8.25. The molecule has 0 saturated heterocycles. The maximum absolute atomic E-state index is 12.3. The third-order valence-electron chi connectivity index (χ3n) is 10.7. The fourth-order valence-electron chi connectivity index (χ4n) is 7.32. The lowest BCUT2D eigenvalue weighted by molar-refractivity contribution is -0.173. The maximum Gasteiger partial charge on any atom is 0.302 e. The van der Waals surface area contributed by atoms with Crippen LogP contribution < -0.4 is 0 Å². The van der Waals surface area contributed by atoms with E-state index in [0.29, 0.717) is 24.3 Å². The normalized spacial score (nSPS) is 37.9. The van der Waals surface area contributed by atoms with Gasteiger partial charge in [0.05, 0.1) is 0 Å². The molecule has 7 atom stereocenters. The van der Waals surface area contributed by atoms with Gasteiger partial charge in [0.25, 0.3) is 0 Å². The van der Waals surface area contributed by atoms with Crippen molar-refractivity contribution in [2.75, 3.05) is 6.54 Å². The summed E-state index contributed by atoms with van der Waals surface area (Å²) in [5, 5.41) is 4.08. The first-order chi connectivity index (χ1) is 16.2. The van der Waals surface area contributed by atoms with E-state index in [9.17, 15) is 4.79 Å². The highest BCUT2D eigenvalue weighted by atomic mass is 28.4. The number of azide groups is 1. The summed E-state index contributed by atoms with van der Waals surface area (Å²) in [5.74, 6) is 0.841. The minimum Gasteiger partial charge on any atom is -0.462 e. The molecule has 3 unspecified atom stereocenters. The molecule has 7 heteroatoms. The summed E-state index contributed by atoms with van der Waals surface area (Å²) in [6.07, 6.45) is 8.36. The Morgan fingerprint density at radius 1 is 1.20 bits per heavy atom. The molecule has 0 aromatic carbocycles. The Hall–Kier alpha value is -1.30. The SMILES string of the molecule is C=C1CCC2[C@H](OC(C)=O)C([C@@]3(C)CCC(O[Si](C)(C)C(C)(C)C)C[C@@H]3CCN=[N+]=[N-])CC[C@]12C. The van der Waals surface area contributed by atoms with E-state index in [1.807, 2.05) is 0 Å². The summed E-state index contributed by atoms with van der Waals surface area (Å²) >= 11 is 0. The molecule has 0 aliphatic heterocycles. The molecular weight excluding hydrogens is 454 g/mol. The highest BCUT2D eigenvalue weighted by molar-refractivity contribution is 6.74. The first-order valence-electron chi connectivity index (χ1n) is 13.7. The second kappa shape index (κ2) is 10.2. The Morgan fingerprint density at radius 3 is 2.49 bits per heavy atom. The largest absolute Gasteiger partial charge is 0.462 e. The average Bonchev–Trinajstić information content (AvgIpc) is 3.04. The van der Waals surface area contributed by atoms with Crippen LogP contribution in [-0.2, 0) is 14.0 Å². The zero-order chi connectivity index (χ0) is 26.2. The molecule has 0 aromatic heterocycles. The average molecular weight is 504 g/mol. The van der Waals surface area contributed by atoms with Gasteiger partial charge < -0.3 is 9.16 Å². The standard InChI is InChI=1S/C28H49N3O3Si/c1-19-10-11-23-25(33-20(2)32)24(13-16-27(19,23)6)28(7)15-12-22(18-21(28)14-17-30-31-29)34-35(8,9)26(3,4)5/h21-25H,1,10-18H2,2-9H3/t21-,22?,23?,24?,25-,27+,28-/m0/s1. The highest BCUT2D eigenvalue weighted by Gasteiger charge is 2.58. The summed E-state index contributed by atoms with van der Waals surface area (Å²) in [6.45, 7) is 22.8. The van der Waals surface area contributed by atoms with Crippen molar-refractivity contribution in [3.63, 3.8) is 0 Å². The number of nitrogens with zero attached hydrogens (tertiary/aromatic N) is 3. The van der Waals surface area contributed by atoms with Crippen LogP contribution in [0.4, 0.5) is 0 Å². The minimum absolute atomic E-state index is 0.0175. The number of esters is 1. The van der Waals surface area contributed by atoms with E-state index in [-0.39, 0.29) is 34.0 Å². The Morgan fingerprint density at radius 2 is 1.89 bits per heavy atom. The third kappa shape index (κ3) is 5.52. The number of carbonyl (C=O) groups is 1. The quantitative estimate of drug-likeness (QED) is 0.0876. The fourth-order valence-corrected chi connectivity index (χ4v) is 8.72. The van der Waals surface area contributed by atoms with E-state index < -0.39 is 8.32 Å². The van der Waals surface area contributed by atoms with Crippen LogP contribution in [0.2, 0.25) is 18.1 Å². The summed E-state index contributed by atoms with van der Waals surface area (Å²) in [4.78, 5) is 15.3. The van der Waals surface area contributed by atoms with Crippen LogP contribution in [0.5, 0.6) is 0 Å². The van der Waals surface area contributed by atoms with Gasteiger partial charge in [-0.1, -0.05) is 51.9 Å². The molecule has 3 rings (SSSR count). The van der Waals surface area contributed by atoms with E-state index in [4.69, 9.17) is 14.7 Å². The van der Waals surface area contributed by atoms with Crippen molar-refractivity contribution in [1.82, 2.24) is 0 Å². The molecule has 3 fully saturated rings. The molecule has 198 valence electrons. The zero-order valence-electron chi connectivity index (χ0n) is 23.5. The third-order valence-corrected chi connectivity index (χ3v) is 15.2. The maximum atomic E-state index is 12.3. The summed E-state index contributed by atoms with van der Waals surface area (Å²) in [6, 6.07) is 0. The molecule has 3 aliphatic carbocycles. The van der Waals surface area contributed by atoms with Crippen LogP contribution in [0.25, 0.3) is 10.4 Å². The molecule has 0 bridgehead atoms. The second-order valence-electron chi connectivity index (χ2n) is 13.6. The molecule has 0 spiro atoms. The first-order valence-corrected chi connectivity index (χ1v) is 16.6. The first kappa shape index (κ1) is 28.3. The summed E-state index contributed by atoms with van der Waals surface area (Å²) < 4.78 is 13.1. The number of rotatable bonds is 7. The van der Waals surface area contributed by atoms with Crippen LogP contribution in [0.15, 0.2) is 17.3 Å². The molecule has 0 radical (unpaired) electrons. The fraction of sp³-hybridized carbons (Fsp3) is 0.893. The summed E-state index contributed by atoms with van der Waals surface area (Å²) in [7, 11) is -1.88. The van der Waals surface area contributed by atoms with E-state index in [2.05, 4.69) is 64.3 Å².